The van der Waals surface area contributed by atoms with E-state index in [1.807, 2.05) is 0 Å². The lowest BCUT2D eigenvalue weighted by Crippen LogP contribution is -2.10. The molecule has 1 aromatic rings. The average Bonchev–Trinajstić information content (AvgIpc) is 2.26. The second-order valence-corrected chi connectivity index (χ2v) is 3.83. The molecule has 3 nitrogen and oxygen atoms in total. The van der Waals surface area contributed by atoms with Gasteiger partial charge in [-0.15, -0.1) is 0 Å². The maximum absolute atomic E-state index is 10.3. The fourth-order valence-corrected chi connectivity index (χ4v) is 1.21. The molecular formula is C14H22O3. The van der Waals surface area contributed by atoms with E-state index >= 15 is 0 Å². The molecule has 0 saturated carbocycles. The van der Waals surface area contributed by atoms with E-state index in [1.54, 1.807) is 6.92 Å². The first kappa shape index (κ1) is 15.7. The van der Waals surface area contributed by atoms with Gasteiger partial charge in [0.15, 0.2) is 0 Å². The van der Waals surface area contributed by atoms with E-state index < -0.39 is 0 Å². The van der Waals surface area contributed by atoms with Crippen LogP contribution in [0.3, 0.4) is 0 Å². The first-order chi connectivity index (χ1) is 8.01. The maximum Gasteiger partial charge on any atom is 0.332 e. The van der Waals surface area contributed by atoms with Gasteiger partial charge in [0.05, 0.1) is 6.61 Å². The lowest BCUT2D eigenvalue weighted by atomic mass is 10.1. The topological polar surface area (TPSA) is 35.5 Å². The van der Waals surface area contributed by atoms with Crippen LogP contribution in [0.2, 0.25) is 0 Å². The molecule has 0 fully saturated rings. The third-order valence-corrected chi connectivity index (χ3v) is 2.23. The summed E-state index contributed by atoms with van der Waals surface area (Å²) < 4.78 is 9.00. The highest BCUT2D eigenvalue weighted by Crippen LogP contribution is 2.07. The van der Waals surface area contributed by atoms with E-state index in [-0.39, 0.29) is 12.6 Å². The van der Waals surface area contributed by atoms with Gasteiger partial charge in [0.1, 0.15) is 6.61 Å². The molecule has 96 valence electrons. The Morgan fingerprint density at radius 3 is 2.24 bits per heavy atom. The molecule has 0 amide bonds. The Morgan fingerprint density at radius 1 is 1.18 bits per heavy atom. The number of benzene rings is 1. The molecule has 17 heavy (non-hydrogen) atoms. The van der Waals surface area contributed by atoms with Crippen molar-refractivity contribution in [2.45, 2.75) is 27.7 Å². The Hall–Kier alpha value is -1.35. The first-order valence-electron chi connectivity index (χ1n) is 5.69. The van der Waals surface area contributed by atoms with Crippen molar-refractivity contribution < 1.29 is 14.3 Å². The summed E-state index contributed by atoms with van der Waals surface area (Å²) in [5.74, 6) is -0.310. The van der Waals surface area contributed by atoms with Crippen LogP contribution in [0.15, 0.2) is 18.2 Å². The monoisotopic (exact) mass is 238 g/mol. The third kappa shape index (κ3) is 7.53. The summed E-state index contributed by atoms with van der Waals surface area (Å²) in [7, 11) is 1.46. The Kier molecular flexibility index (Phi) is 8.07. The summed E-state index contributed by atoms with van der Waals surface area (Å²) in [5, 5.41) is 0. The lowest BCUT2D eigenvalue weighted by molar-refractivity contribution is -0.147. The van der Waals surface area contributed by atoms with Crippen LogP contribution in [0.4, 0.5) is 0 Å². The van der Waals surface area contributed by atoms with E-state index in [1.165, 1.54) is 23.8 Å². The van der Waals surface area contributed by atoms with Crippen LogP contribution in [0.25, 0.3) is 0 Å². The van der Waals surface area contributed by atoms with E-state index in [9.17, 15) is 4.79 Å². The van der Waals surface area contributed by atoms with Crippen LogP contribution in [-0.2, 0) is 14.3 Å². The van der Waals surface area contributed by atoms with Crippen LogP contribution in [-0.4, -0.2) is 26.3 Å². The summed E-state index contributed by atoms with van der Waals surface area (Å²) in [6, 6.07) is 6.50. The van der Waals surface area contributed by atoms with Gasteiger partial charge in [0, 0.05) is 7.11 Å². The van der Waals surface area contributed by atoms with Crippen molar-refractivity contribution in [1.29, 1.82) is 0 Å². The minimum absolute atomic E-state index is 0.0494. The van der Waals surface area contributed by atoms with Crippen molar-refractivity contribution in [3.63, 3.8) is 0 Å². The number of hydrogen-bond acceptors (Lipinski definition) is 3. The van der Waals surface area contributed by atoms with Gasteiger partial charge in [-0.05, 0) is 38.8 Å². The van der Waals surface area contributed by atoms with Crippen molar-refractivity contribution in [1.82, 2.24) is 0 Å². The highest BCUT2D eigenvalue weighted by atomic mass is 16.6. The zero-order valence-corrected chi connectivity index (χ0v) is 11.4. The van der Waals surface area contributed by atoms with Crippen molar-refractivity contribution >= 4 is 5.97 Å². The molecule has 0 aliphatic heterocycles. The highest BCUT2D eigenvalue weighted by Gasteiger charge is 1.96. The smallest absolute Gasteiger partial charge is 0.332 e. The zero-order chi connectivity index (χ0) is 13.3. The van der Waals surface area contributed by atoms with Crippen molar-refractivity contribution in [3.8, 4) is 0 Å². The number of rotatable bonds is 3. The van der Waals surface area contributed by atoms with Crippen LogP contribution in [0, 0.1) is 20.8 Å². The number of carbonyl (C=O) groups is 1. The van der Waals surface area contributed by atoms with Crippen LogP contribution in [0.1, 0.15) is 23.6 Å². The molecule has 0 unspecified atom stereocenters. The Morgan fingerprint density at radius 2 is 1.82 bits per heavy atom. The molecule has 0 saturated heterocycles. The van der Waals surface area contributed by atoms with Crippen molar-refractivity contribution in [3.05, 3.63) is 34.9 Å². The normalized spacial score (nSPS) is 9.24. The predicted octanol–water partition coefficient (Wildman–Crippen LogP) is 2.81. The molecule has 0 radical (unpaired) electrons. The molecule has 0 aliphatic carbocycles. The quantitative estimate of drug-likeness (QED) is 0.760. The summed E-state index contributed by atoms with van der Waals surface area (Å²) >= 11 is 0. The first-order valence-corrected chi connectivity index (χ1v) is 5.69. The Bertz CT molecular complexity index is 337. The standard InChI is InChI=1S/C9H12.C5H10O3/c1-7-4-5-8(2)9(3)6-7;1-3-8-5(6)4-7-2/h4-6H,1-3H3;3-4H2,1-2H3. The summed E-state index contributed by atoms with van der Waals surface area (Å²) in [4.78, 5) is 10.3. The maximum atomic E-state index is 10.3. The van der Waals surface area contributed by atoms with Gasteiger partial charge in [-0.25, -0.2) is 4.79 Å². The van der Waals surface area contributed by atoms with Crippen molar-refractivity contribution in [2.75, 3.05) is 20.3 Å². The molecule has 0 bridgehead atoms. The molecule has 0 aliphatic rings. The zero-order valence-electron chi connectivity index (χ0n) is 11.4. The molecule has 0 heterocycles. The number of methoxy groups -OCH3 is 1. The Labute approximate surface area is 104 Å². The SMILES string of the molecule is CCOC(=O)COC.Cc1ccc(C)c(C)c1. The number of aryl methyl sites for hydroxylation is 3. The average molecular weight is 238 g/mol. The van der Waals surface area contributed by atoms with Gasteiger partial charge < -0.3 is 9.47 Å². The molecule has 0 N–H and O–H groups in total. The predicted molar refractivity (Wildman–Crippen MR) is 69.2 cm³/mol. The minimum atomic E-state index is -0.310. The second kappa shape index (κ2) is 8.76. The van der Waals surface area contributed by atoms with E-state index in [2.05, 4.69) is 48.4 Å². The van der Waals surface area contributed by atoms with Crippen LogP contribution < -0.4 is 0 Å². The highest BCUT2D eigenvalue weighted by molar-refractivity contribution is 5.70. The number of hydrogen-bond donors (Lipinski definition) is 0. The lowest BCUT2D eigenvalue weighted by Gasteiger charge is -1.98. The molecular weight excluding hydrogens is 216 g/mol. The van der Waals surface area contributed by atoms with Gasteiger partial charge in [0.2, 0.25) is 0 Å². The molecule has 0 spiro atoms. The molecule has 1 rings (SSSR count). The molecule has 1 aromatic carbocycles. The van der Waals surface area contributed by atoms with Gasteiger partial charge >= 0.3 is 5.97 Å². The van der Waals surface area contributed by atoms with E-state index in [4.69, 9.17) is 0 Å². The summed E-state index contributed by atoms with van der Waals surface area (Å²) in [6.45, 7) is 8.62. The fourth-order valence-electron chi connectivity index (χ4n) is 1.21. The molecule has 3 heteroatoms. The largest absolute Gasteiger partial charge is 0.464 e. The number of esters is 1. The second-order valence-electron chi connectivity index (χ2n) is 3.83. The Balaban J connectivity index is 0.000000304. The van der Waals surface area contributed by atoms with Gasteiger partial charge in [-0.3, -0.25) is 0 Å². The summed E-state index contributed by atoms with van der Waals surface area (Å²) in [6.07, 6.45) is 0. The van der Waals surface area contributed by atoms with Gasteiger partial charge in [-0.2, -0.15) is 0 Å². The number of ether oxygens (including phenoxy) is 2. The number of carbonyl (C=O) groups excluding carboxylic acids is 1. The third-order valence-electron chi connectivity index (χ3n) is 2.23. The van der Waals surface area contributed by atoms with Crippen molar-refractivity contribution in [2.24, 2.45) is 0 Å². The van der Waals surface area contributed by atoms with Crippen LogP contribution in [0.5, 0.6) is 0 Å². The molecule has 0 aromatic heterocycles. The van der Waals surface area contributed by atoms with Crippen LogP contribution >= 0.6 is 0 Å². The van der Waals surface area contributed by atoms with Gasteiger partial charge in [-0.1, -0.05) is 23.8 Å². The summed E-state index contributed by atoms with van der Waals surface area (Å²) in [5.41, 5.74) is 4.11. The molecule has 0 atom stereocenters. The fraction of sp³-hybridized carbons (Fsp3) is 0.500. The minimum Gasteiger partial charge on any atom is -0.464 e. The van der Waals surface area contributed by atoms with E-state index in [0.717, 1.165) is 0 Å². The van der Waals surface area contributed by atoms with Gasteiger partial charge in [0.25, 0.3) is 0 Å². The van der Waals surface area contributed by atoms with E-state index in [0.29, 0.717) is 6.61 Å².